The van der Waals surface area contributed by atoms with E-state index in [0.717, 1.165) is 0 Å². The SMILES string of the molecule is CC[C@H](C)[C@H](NC(=O)[C@H](CCCN=C(N)N)NC(=O)[C@@H](N)C(C)C)C(=O)N[C@@H](CCCN=C(N)N)C(=O)N[C@@H](CC(C)C)C(=O)N[C@@H](CC(C)C)C(=O)N[C@@H](CCC(N)=O)C(=O)N[C@@H](CCCN=C(N)N)C(=O)N[C@@H](Cc1ccccc1)C(=O)N[C@@H](CC(N)=O)C(=O)N[C@@H](CCCCN)C(=O)N[C@@H](CCCN=C(N)N)C(=O)N[C@@H](CO)C(=O)O. The number of amides is 14. The highest BCUT2D eigenvalue weighted by Gasteiger charge is 2.39. The van der Waals surface area contributed by atoms with Crippen molar-refractivity contribution < 1.29 is 82.1 Å². The molecule has 45 heteroatoms. The standard InChI is InChI=1S/C74H132N28O17/c1-9-41(8)57(102-63(111)47(25-18-32-90-74(85)86)95-68(116)56(78)40(6)7)69(117)96-46(24-17-31-89-73(83)84)60(108)97-50(34-39(4)5)65(113)98-49(33-38(2)3)64(112)94-48(26-27-54(76)104)62(110)92-44(22-15-29-87-71(79)80)59(107)99-51(35-42-19-11-10-12-20-42)66(114)100-52(36-55(77)105)67(115)93-43(21-13-14-28-75)58(106)91-45(23-16-30-88-72(81)82)61(109)101-53(37-103)70(118)119/h10-12,19-20,38-41,43-53,56-57,103H,9,13-18,21-37,75,78H2,1-8H3,(H2,76,104)(H2,77,105)(H,91,106)(H,92,110)(H,93,115)(H,94,112)(H,95,116)(H,96,117)(H,97,108)(H,98,113)(H,99,107)(H,100,114)(H,101,109)(H,102,111)(H,118,119)(H4,79,80,87)(H4,81,82,88)(H4,83,84,89)(H4,85,86,90)/t41-,43-,44-,45-,46-,47-,48-,49-,50-,51-,52-,53-,56-,57-/m0/s1. The molecule has 14 atom stereocenters. The molecule has 0 saturated carbocycles. The number of carbonyl (C=O) groups excluding carboxylic acids is 14. The van der Waals surface area contributed by atoms with Crippen LogP contribution in [0.4, 0.5) is 0 Å². The number of carboxylic acid groups (broad SMARTS) is 1. The number of primary amides is 2. The number of nitrogens with one attached hydrogen (secondary N) is 12. The molecule has 14 amide bonds. The average molecular weight is 1690 g/mol. The number of unbranched alkanes of at least 4 members (excludes halogenated alkanes) is 1. The van der Waals surface area contributed by atoms with E-state index < -0.39 is 199 Å². The van der Waals surface area contributed by atoms with Crippen LogP contribution in [0.3, 0.4) is 0 Å². The van der Waals surface area contributed by atoms with Crippen LogP contribution in [-0.2, 0) is 78.3 Å². The summed E-state index contributed by atoms with van der Waals surface area (Å²) in [5.74, 6) is -17.8. The fourth-order valence-corrected chi connectivity index (χ4v) is 11.7. The third-order valence-electron chi connectivity index (χ3n) is 18.5. The number of rotatable bonds is 60. The Labute approximate surface area is 693 Å². The van der Waals surface area contributed by atoms with Gasteiger partial charge in [0.1, 0.15) is 72.5 Å². The molecule has 0 spiro atoms. The summed E-state index contributed by atoms with van der Waals surface area (Å²) in [6, 6.07) is -11.7. The minimum atomic E-state index is -1.89. The van der Waals surface area contributed by atoms with Crippen LogP contribution in [0.25, 0.3) is 0 Å². The number of nitrogens with two attached hydrogens (primary N) is 12. The van der Waals surface area contributed by atoms with Gasteiger partial charge in [-0.15, -0.1) is 0 Å². The molecule has 0 aliphatic carbocycles. The molecule has 0 aliphatic heterocycles. The summed E-state index contributed by atoms with van der Waals surface area (Å²) >= 11 is 0. The van der Waals surface area contributed by atoms with Gasteiger partial charge in [0.25, 0.3) is 0 Å². The van der Waals surface area contributed by atoms with Gasteiger partial charge < -0.3 is 143 Å². The lowest BCUT2D eigenvalue weighted by Crippen LogP contribution is -2.61. The highest BCUT2D eigenvalue weighted by molar-refractivity contribution is 6.01. The average Bonchev–Trinajstić information content (AvgIpc) is 0.851. The Bertz CT molecular complexity index is 3590. The highest BCUT2D eigenvalue weighted by atomic mass is 16.4. The molecule has 38 N–H and O–H groups in total. The van der Waals surface area contributed by atoms with Crippen molar-refractivity contribution in [2.24, 2.45) is 112 Å². The van der Waals surface area contributed by atoms with Gasteiger partial charge in [-0.1, -0.05) is 92.1 Å². The van der Waals surface area contributed by atoms with Crippen molar-refractivity contribution in [3.05, 3.63) is 35.9 Å². The Morgan fingerprint density at radius 2 is 0.681 bits per heavy atom. The van der Waals surface area contributed by atoms with Crippen molar-refractivity contribution in [1.29, 1.82) is 0 Å². The maximum absolute atomic E-state index is 14.9. The molecule has 1 rings (SSSR count). The fraction of sp³-hybridized carbons (Fsp3) is 0.662. The summed E-state index contributed by atoms with van der Waals surface area (Å²) in [6.45, 7) is 12.8. The zero-order valence-corrected chi connectivity index (χ0v) is 69.4. The van der Waals surface area contributed by atoms with Crippen molar-refractivity contribution in [3.63, 3.8) is 0 Å². The molecule has 0 aromatic heterocycles. The molecule has 670 valence electrons. The number of aliphatic hydroxyl groups is 1. The van der Waals surface area contributed by atoms with Gasteiger partial charge in [0.05, 0.1) is 19.1 Å². The minimum absolute atomic E-state index is 0.0120. The summed E-state index contributed by atoms with van der Waals surface area (Å²) in [7, 11) is 0. The summed E-state index contributed by atoms with van der Waals surface area (Å²) in [6.07, 6.45) is -2.07. The smallest absolute Gasteiger partial charge is 0.328 e. The molecule has 1 aromatic carbocycles. The zero-order chi connectivity index (χ0) is 90.2. The van der Waals surface area contributed by atoms with Crippen molar-refractivity contribution in [1.82, 2.24) is 63.8 Å². The largest absolute Gasteiger partial charge is 0.480 e. The predicted octanol–water partition coefficient (Wildman–Crippen LogP) is -8.27. The van der Waals surface area contributed by atoms with Crippen LogP contribution in [-0.4, -0.2) is 241 Å². The number of carbonyl (C=O) groups is 15. The summed E-state index contributed by atoms with van der Waals surface area (Å²) in [5.41, 5.74) is 67.9. The molecule has 45 nitrogen and oxygen atoms in total. The van der Waals surface area contributed by atoms with E-state index in [2.05, 4.69) is 83.8 Å². The van der Waals surface area contributed by atoms with Crippen LogP contribution in [0.1, 0.15) is 170 Å². The number of guanidine groups is 4. The number of aliphatic carboxylic acids is 1. The molecule has 1 aromatic rings. The second-order valence-corrected chi connectivity index (χ2v) is 30.0. The highest BCUT2D eigenvalue weighted by Crippen LogP contribution is 2.17. The molecule has 0 saturated heterocycles. The molecular formula is C74H132N28O17. The lowest BCUT2D eigenvalue weighted by molar-refractivity contribution is -0.143. The summed E-state index contributed by atoms with van der Waals surface area (Å²) in [4.78, 5) is 226. The van der Waals surface area contributed by atoms with E-state index in [-0.39, 0.29) is 158 Å². The third-order valence-corrected chi connectivity index (χ3v) is 18.5. The van der Waals surface area contributed by atoms with Crippen molar-refractivity contribution in [2.75, 3.05) is 39.3 Å². The van der Waals surface area contributed by atoms with Crippen LogP contribution >= 0.6 is 0 Å². The summed E-state index contributed by atoms with van der Waals surface area (Å²) in [5, 5.41) is 50.0. The van der Waals surface area contributed by atoms with Crippen molar-refractivity contribution >= 4 is 113 Å². The topological polar surface area (TPSA) is 803 Å². The Balaban J connectivity index is 3.96. The van der Waals surface area contributed by atoms with Crippen molar-refractivity contribution in [3.8, 4) is 0 Å². The molecule has 0 aliphatic rings. The predicted molar refractivity (Wildman–Crippen MR) is 444 cm³/mol. The van der Waals surface area contributed by atoms with Gasteiger partial charge in [0, 0.05) is 39.0 Å². The van der Waals surface area contributed by atoms with Gasteiger partial charge in [-0.25, -0.2) is 4.79 Å². The van der Waals surface area contributed by atoms with E-state index in [9.17, 15) is 82.1 Å². The molecule has 0 unspecified atom stereocenters. The van der Waals surface area contributed by atoms with E-state index >= 15 is 0 Å². The molecular weight excluding hydrogens is 1550 g/mol. The quantitative estimate of drug-likeness (QED) is 0.0164. The number of aliphatic hydroxyl groups excluding tert-OH is 1. The lowest BCUT2D eigenvalue weighted by atomic mass is 9.96. The molecule has 0 bridgehead atoms. The Morgan fingerprint density at radius 3 is 1.02 bits per heavy atom. The van der Waals surface area contributed by atoms with E-state index in [1.54, 1.807) is 85.7 Å². The number of carboxylic acids is 1. The maximum Gasteiger partial charge on any atom is 0.328 e. The number of benzene rings is 1. The van der Waals surface area contributed by atoms with Crippen LogP contribution in [0.5, 0.6) is 0 Å². The monoisotopic (exact) mass is 1690 g/mol. The first-order chi connectivity index (χ1) is 55.9. The van der Waals surface area contributed by atoms with Crippen LogP contribution in [0, 0.1) is 23.7 Å². The second kappa shape index (κ2) is 56.5. The van der Waals surface area contributed by atoms with E-state index in [1.165, 1.54) is 0 Å². The van der Waals surface area contributed by atoms with Gasteiger partial charge >= 0.3 is 5.97 Å². The first-order valence-corrected chi connectivity index (χ1v) is 39.7. The minimum Gasteiger partial charge on any atom is -0.480 e. The maximum atomic E-state index is 14.9. The number of nitrogens with zero attached hydrogens (tertiary/aromatic N) is 4. The van der Waals surface area contributed by atoms with Gasteiger partial charge in [-0.2, -0.15) is 0 Å². The zero-order valence-electron chi connectivity index (χ0n) is 69.4. The molecule has 0 radical (unpaired) electrons. The van der Waals surface area contributed by atoms with E-state index in [1.807, 2.05) is 0 Å². The van der Waals surface area contributed by atoms with Gasteiger partial charge in [0.2, 0.25) is 82.7 Å². The van der Waals surface area contributed by atoms with Crippen molar-refractivity contribution in [2.45, 2.75) is 250 Å². The van der Waals surface area contributed by atoms with E-state index in [0.29, 0.717) is 18.4 Å². The molecule has 0 fully saturated rings. The summed E-state index contributed by atoms with van der Waals surface area (Å²) < 4.78 is 0. The fourth-order valence-electron chi connectivity index (χ4n) is 11.7. The van der Waals surface area contributed by atoms with Gasteiger partial charge in [-0.3, -0.25) is 87.1 Å². The number of hydrogen-bond acceptors (Lipinski definition) is 22. The normalized spacial score (nSPS) is 14.6. The number of aliphatic imine (C=N–C) groups is 4. The Hall–Kier alpha value is -11.8. The second-order valence-electron chi connectivity index (χ2n) is 30.0. The first-order valence-electron chi connectivity index (χ1n) is 39.7. The van der Waals surface area contributed by atoms with E-state index in [4.69, 9.17) is 68.8 Å². The molecule has 119 heavy (non-hydrogen) atoms. The van der Waals surface area contributed by atoms with Crippen LogP contribution in [0.2, 0.25) is 0 Å². The first kappa shape index (κ1) is 105. The number of hydrogen-bond donors (Lipinski definition) is 26. The Morgan fingerprint density at radius 1 is 0.370 bits per heavy atom. The lowest BCUT2D eigenvalue weighted by Gasteiger charge is -2.30. The molecule has 0 heterocycles. The van der Waals surface area contributed by atoms with Gasteiger partial charge in [0.15, 0.2) is 23.8 Å². The Kier molecular flexibility index (Phi) is 50.0. The van der Waals surface area contributed by atoms with Crippen LogP contribution < -0.4 is 133 Å². The third kappa shape index (κ3) is 43.9. The van der Waals surface area contributed by atoms with Crippen LogP contribution in [0.15, 0.2) is 50.3 Å². The van der Waals surface area contributed by atoms with Gasteiger partial charge in [-0.05, 0) is 126 Å².